The fourth-order valence-electron chi connectivity index (χ4n) is 9.02. The highest BCUT2D eigenvalue weighted by Gasteiger charge is 2.54. The van der Waals surface area contributed by atoms with Crippen LogP contribution in [0.5, 0.6) is 0 Å². The van der Waals surface area contributed by atoms with Crippen molar-refractivity contribution in [2.24, 2.45) is 23.2 Å². The molecule has 2 aromatic rings. The van der Waals surface area contributed by atoms with Crippen molar-refractivity contribution in [1.82, 2.24) is 19.6 Å². The van der Waals surface area contributed by atoms with Crippen LogP contribution in [0.1, 0.15) is 125 Å². The molecule has 2 amide bonds. The molecule has 0 spiro atoms. The molecular formula is C38H58FN5O6S. The molecule has 2 aliphatic heterocycles. The van der Waals surface area contributed by atoms with Gasteiger partial charge in [-0.05, 0) is 115 Å². The van der Waals surface area contributed by atoms with E-state index in [-0.39, 0.29) is 29.2 Å². The second kappa shape index (κ2) is 13.9. The Morgan fingerprint density at radius 2 is 1.61 bits per heavy atom. The number of carbonyl (C=O) groups is 2. The number of nitrogens with zero attached hydrogens (tertiary/aromatic N) is 3. The Balaban J connectivity index is 1.62. The molecule has 11 nitrogen and oxygen atoms in total. The maximum Gasteiger partial charge on any atom is 0.407 e. The lowest BCUT2D eigenvalue weighted by atomic mass is 9.65. The molecule has 4 rings (SSSR count). The highest BCUT2D eigenvalue weighted by molar-refractivity contribution is 7.90. The average molecular weight is 732 g/mol. The van der Waals surface area contributed by atoms with E-state index in [1.54, 1.807) is 17.0 Å². The van der Waals surface area contributed by atoms with Crippen LogP contribution >= 0.6 is 0 Å². The zero-order valence-corrected chi connectivity index (χ0v) is 33.2. The number of carbonyl (C=O) groups excluding carboxylic acids is 1. The second-order valence-corrected chi connectivity index (χ2v) is 20.0. The third kappa shape index (κ3) is 9.38. The fourth-order valence-corrected chi connectivity index (χ4v) is 9.96. The van der Waals surface area contributed by atoms with Gasteiger partial charge in [0.15, 0.2) is 5.03 Å². The number of hydrogen-bond acceptors (Lipinski definition) is 8. The summed E-state index contributed by atoms with van der Waals surface area (Å²) in [5.41, 5.74) is -2.05. The third-order valence-electron chi connectivity index (χ3n) is 10.4. The summed E-state index contributed by atoms with van der Waals surface area (Å²) < 4.78 is 50.0. The Bertz CT molecular complexity index is 1710. The van der Waals surface area contributed by atoms with E-state index in [0.717, 1.165) is 19.3 Å². The quantitative estimate of drug-likeness (QED) is 0.221. The Morgan fingerprint density at radius 3 is 2.14 bits per heavy atom. The van der Waals surface area contributed by atoms with Crippen molar-refractivity contribution < 1.29 is 32.2 Å². The number of sulfonamides is 1. The molecule has 0 aromatic carbocycles. The van der Waals surface area contributed by atoms with Gasteiger partial charge in [-0.3, -0.25) is 4.79 Å². The van der Waals surface area contributed by atoms with Gasteiger partial charge >= 0.3 is 6.09 Å². The summed E-state index contributed by atoms with van der Waals surface area (Å²) in [5, 5.41) is 13.2. The van der Waals surface area contributed by atoms with Crippen LogP contribution in [0, 0.1) is 29.1 Å². The van der Waals surface area contributed by atoms with Gasteiger partial charge in [-0.25, -0.2) is 19.5 Å². The number of rotatable bonds is 9. The number of amides is 2. The van der Waals surface area contributed by atoms with Crippen molar-refractivity contribution in [2.45, 2.75) is 142 Å². The number of ether oxygens (including phenoxy) is 1. The van der Waals surface area contributed by atoms with E-state index in [1.807, 2.05) is 39.3 Å². The lowest BCUT2D eigenvalue weighted by molar-refractivity contribution is -0.174. The van der Waals surface area contributed by atoms with Crippen LogP contribution in [0.4, 0.5) is 15.0 Å². The molecule has 3 atom stereocenters. The number of carboxylic acid groups (broad SMARTS) is 1. The van der Waals surface area contributed by atoms with Crippen LogP contribution in [0.15, 0.2) is 35.4 Å². The van der Waals surface area contributed by atoms with E-state index in [0.29, 0.717) is 24.5 Å². The van der Waals surface area contributed by atoms with E-state index >= 15 is 0 Å². The van der Waals surface area contributed by atoms with E-state index in [1.165, 1.54) is 18.2 Å². The number of nitrogens with one attached hydrogen (secondary N) is 2. The molecule has 0 saturated carbocycles. The van der Waals surface area contributed by atoms with Gasteiger partial charge in [0.2, 0.25) is 5.95 Å². The van der Waals surface area contributed by atoms with Gasteiger partial charge in [0.25, 0.3) is 15.9 Å². The summed E-state index contributed by atoms with van der Waals surface area (Å²) in [5.74, 6) is -1.57. The normalized spacial score (nSPS) is 22.7. The molecule has 284 valence electrons. The highest BCUT2D eigenvalue weighted by atomic mass is 32.2. The molecule has 2 saturated heterocycles. The lowest BCUT2D eigenvalue weighted by Crippen LogP contribution is -2.50. The Hall–Kier alpha value is -3.32. The molecule has 0 bridgehead atoms. The molecule has 0 radical (unpaired) electrons. The first-order valence-electron chi connectivity index (χ1n) is 17.8. The number of likely N-dealkylation sites (tertiary alicyclic amines) is 1. The minimum atomic E-state index is -4.49. The first-order chi connectivity index (χ1) is 23.1. The van der Waals surface area contributed by atoms with Gasteiger partial charge in [-0.1, -0.05) is 47.6 Å². The summed E-state index contributed by atoms with van der Waals surface area (Å²) in [4.78, 5) is 35.2. The number of pyridine rings is 2. The SMILES string of the molecule is CC1(C)CC(C(CC[C@@H]2CN(C(=O)O)C(C)(C)C2C(C)(C)C)Nc2cccc(S(=O)(=O)NC(=O)c3ccc(C(C)(C)C)nc3F)n2)CC(C)(C)O1. The third-order valence-corrected chi connectivity index (χ3v) is 11.6. The van der Waals surface area contributed by atoms with Crippen molar-refractivity contribution in [1.29, 1.82) is 0 Å². The second-order valence-electron chi connectivity index (χ2n) is 18.3. The predicted molar refractivity (Wildman–Crippen MR) is 196 cm³/mol. The van der Waals surface area contributed by atoms with Crippen molar-refractivity contribution >= 4 is 27.8 Å². The van der Waals surface area contributed by atoms with Crippen LogP contribution < -0.4 is 10.0 Å². The molecule has 2 aromatic heterocycles. The maximum atomic E-state index is 14.8. The predicted octanol–water partition coefficient (Wildman–Crippen LogP) is 7.63. The summed E-state index contributed by atoms with van der Waals surface area (Å²) in [6.07, 6.45) is 2.00. The summed E-state index contributed by atoms with van der Waals surface area (Å²) in [6.45, 7) is 24.8. The van der Waals surface area contributed by atoms with Crippen LogP contribution in [0.3, 0.4) is 0 Å². The highest BCUT2D eigenvalue weighted by Crippen LogP contribution is 2.50. The standard InChI is InChI=1S/C38H58FN5O6S/c1-34(2,3)27-19-17-25(31(39)41-27)32(45)43-51(48,49)29-15-13-14-28(42-29)40-26(24-20-36(7,8)50-37(9,10)21-24)18-16-23-22-44(33(46)47)38(11,12)30(23)35(4,5)6/h13-15,17,19,23-24,26,30H,16,18,20-22H2,1-12H3,(H,40,42)(H,43,45)(H,46,47)/t23-,26?,30?/m1/s1. The number of anilines is 1. The van der Waals surface area contributed by atoms with Gasteiger partial charge in [0.05, 0.1) is 16.8 Å². The minimum absolute atomic E-state index is 0.100. The molecule has 51 heavy (non-hydrogen) atoms. The van der Waals surface area contributed by atoms with Crippen molar-refractivity contribution in [3.63, 3.8) is 0 Å². The minimum Gasteiger partial charge on any atom is -0.465 e. The number of hydrogen-bond donors (Lipinski definition) is 3. The Morgan fingerprint density at radius 1 is 1.00 bits per heavy atom. The summed E-state index contributed by atoms with van der Waals surface area (Å²) in [7, 11) is -4.49. The van der Waals surface area contributed by atoms with Crippen molar-refractivity contribution in [3.8, 4) is 0 Å². The molecule has 3 N–H and O–H groups in total. The maximum absolute atomic E-state index is 14.8. The van der Waals surface area contributed by atoms with E-state index in [9.17, 15) is 27.5 Å². The van der Waals surface area contributed by atoms with Crippen molar-refractivity contribution in [3.05, 3.63) is 47.5 Å². The van der Waals surface area contributed by atoms with Gasteiger partial charge < -0.3 is 20.1 Å². The molecule has 2 aliphatic rings. The Labute approximate surface area is 303 Å². The van der Waals surface area contributed by atoms with Gasteiger partial charge in [0.1, 0.15) is 5.82 Å². The topological polar surface area (TPSA) is 151 Å². The first kappa shape index (κ1) is 40.5. The van der Waals surface area contributed by atoms with Gasteiger partial charge in [-0.2, -0.15) is 12.8 Å². The fraction of sp³-hybridized carbons (Fsp3) is 0.684. The molecule has 4 heterocycles. The number of aromatic nitrogens is 2. The smallest absolute Gasteiger partial charge is 0.407 e. The zero-order valence-electron chi connectivity index (χ0n) is 32.3. The van der Waals surface area contributed by atoms with E-state index in [2.05, 4.69) is 63.8 Å². The zero-order chi connectivity index (χ0) is 38.5. The average Bonchev–Trinajstić information content (AvgIpc) is 3.23. The molecule has 2 fully saturated rings. The van der Waals surface area contributed by atoms with Crippen LogP contribution in [0.2, 0.25) is 0 Å². The number of halogens is 1. The van der Waals surface area contributed by atoms with Gasteiger partial charge in [0, 0.05) is 29.2 Å². The van der Waals surface area contributed by atoms with Crippen LogP contribution in [-0.2, 0) is 20.2 Å². The Kier molecular flexibility index (Phi) is 11.0. The van der Waals surface area contributed by atoms with Gasteiger partial charge in [-0.15, -0.1) is 0 Å². The van der Waals surface area contributed by atoms with Crippen LogP contribution in [-0.4, -0.2) is 69.7 Å². The van der Waals surface area contributed by atoms with E-state index < -0.39 is 60.7 Å². The first-order valence-corrected chi connectivity index (χ1v) is 19.3. The summed E-state index contributed by atoms with van der Waals surface area (Å²) >= 11 is 0. The van der Waals surface area contributed by atoms with Crippen molar-refractivity contribution in [2.75, 3.05) is 11.9 Å². The molecule has 0 aliphatic carbocycles. The largest absolute Gasteiger partial charge is 0.465 e. The molecule has 13 heteroatoms. The van der Waals surface area contributed by atoms with E-state index in [4.69, 9.17) is 4.74 Å². The molecular weight excluding hydrogens is 674 g/mol. The van der Waals surface area contributed by atoms with Crippen LogP contribution in [0.25, 0.3) is 0 Å². The monoisotopic (exact) mass is 731 g/mol. The summed E-state index contributed by atoms with van der Waals surface area (Å²) in [6, 6.07) is 7.08. The lowest BCUT2D eigenvalue weighted by Gasteiger charge is -2.48. The molecule has 2 unspecified atom stereocenters.